The summed E-state index contributed by atoms with van der Waals surface area (Å²) in [4.78, 5) is 4.60. The van der Waals surface area contributed by atoms with E-state index in [1.165, 1.54) is 0 Å². The molecule has 0 bridgehead atoms. The molecule has 1 heterocycles. The van der Waals surface area contributed by atoms with Crippen molar-refractivity contribution in [2.45, 2.75) is 46.6 Å². The Hall–Kier alpha value is -1.35. The molecule has 0 fully saturated rings. The van der Waals surface area contributed by atoms with Crippen LogP contribution in [0.1, 0.15) is 40.0 Å². The Balaban J connectivity index is 2.13. The Bertz CT molecular complexity index is 500. The second-order valence-electron chi connectivity index (χ2n) is 5.94. The third-order valence-electron chi connectivity index (χ3n) is 4.08. The lowest BCUT2D eigenvalue weighted by atomic mass is 9.88. The molecule has 3 nitrogen and oxygen atoms in total. The van der Waals surface area contributed by atoms with Crippen molar-refractivity contribution in [2.24, 2.45) is 11.8 Å². The Morgan fingerprint density at radius 3 is 2.60 bits per heavy atom. The van der Waals surface area contributed by atoms with E-state index >= 15 is 0 Å². The fraction of sp³-hybridized carbons (Fsp3) is 0.588. The Morgan fingerprint density at radius 1 is 1.20 bits per heavy atom. The van der Waals surface area contributed by atoms with Gasteiger partial charge < -0.3 is 9.73 Å². The third-order valence-corrected chi connectivity index (χ3v) is 4.08. The lowest BCUT2D eigenvalue weighted by Gasteiger charge is -2.27. The van der Waals surface area contributed by atoms with E-state index in [0.717, 1.165) is 36.4 Å². The molecule has 2 atom stereocenters. The van der Waals surface area contributed by atoms with Crippen LogP contribution < -0.4 is 5.32 Å². The predicted molar refractivity (Wildman–Crippen MR) is 83.8 cm³/mol. The predicted octanol–water partition coefficient (Wildman–Crippen LogP) is 4.03. The lowest BCUT2D eigenvalue weighted by molar-refractivity contribution is 0.284. The molecule has 1 aromatic heterocycles. The van der Waals surface area contributed by atoms with Gasteiger partial charge in [0, 0.05) is 12.5 Å². The molecule has 2 rings (SSSR count). The number of rotatable bonds is 7. The smallest absolute Gasteiger partial charge is 0.197 e. The Labute approximate surface area is 121 Å². The first-order chi connectivity index (χ1) is 9.61. The van der Waals surface area contributed by atoms with E-state index < -0.39 is 0 Å². The van der Waals surface area contributed by atoms with E-state index in [9.17, 15) is 0 Å². The van der Waals surface area contributed by atoms with Crippen LogP contribution in [0, 0.1) is 11.8 Å². The van der Waals surface area contributed by atoms with Crippen molar-refractivity contribution < 1.29 is 4.42 Å². The summed E-state index contributed by atoms with van der Waals surface area (Å²) >= 11 is 0. The minimum absolute atomic E-state index is 0.419. The molecule has 2 unspecified atom stereocenters. The van der Waals surface area contributed by atoms with Gasteiger partial charge in [0.15, 0.2) is 11.5 Å². The van der Waals surface area contributed by atoms with Crippen LogP contribution in [0.4, 0.5) is 0 Å². The van der Waals surface area contributed by atoms with Gasteiger partial charge in [-0.3, -0.25) is 0 Å². The largest absolute Gasteiger partial charge is 0.441 e. The minimum atomic E-state index is 0.419. The standard InChI is InChI=1S/C17H26N2O/c1-5-10-18-15(13(4)12(2)3)11-17-19-14-8-6-7-9-16(14)20-17/h6-9,12-13,15,18H,5,10-11H2,1-4H3. The van der Waals surface area contributed by atoms with Gasteiger partial charge in [-0.1, -0.05) is 39.8 Å². The minimum Gasteiger partial charge on any atom is -0.441 e. The van der Waals surface area contributed by atoms with Crippen LogP contribution in [0.2, 0.25) is 0 Å². The Kier molecular flexibility index (Phi) is 5.18. The molecule has 0 aliphatic carbocycles. The van der Waals surface area contributed by atoms with E-state index in [4.69, 9.17) is 4.42 Å². The maximum atomic E-state index is 5.86. The normalized spacial score (nSPS) is 14.8. The van der Waals surface area contributed by atoms with E-state index in [-0.39, 0.29) is 0 Å². The summed E-state index contributed by atoms with van der Waals surface area (Å²) in [5.41, 5.74) is 1.84. The first-order valence-corrected chi connectivity index (χ1v) is 7.69. The topological polar surface area (TPSA) is 38.1 Å². The molecule has 2 aromatic rings. The Morgan fingerprint density at radius 2 is 1.95 bits per heavy atom. The maximum absolute atomic E-state index is 5.86. The zero-order valence-corrected chi connectivity index (χ0v) is 13.0. The van der Waals surface area contributed by atoms with Gasteiger partial charge in [0.1, 0.15) is 5.52 Å². The highest BCUT2D eigenvalue weighted by Crippen LogP contribution is 2.21. The van der Waals surface area contributed by atoms with Gasteiger partial charge in [0.05, 0.1) is 0 Å². The first-order valence-electron chi connectivity index (χ1n) is 7.69. The van der Waals surface area contributed by atoms with E-state index in [1.807, 2.05) is 24.3 Å². The van der Waals surface area contributed by atoms with Crippen molar-refractivity contribution in [2.75, 3.05) is 6.54 Å². The summed E-state index contributed by atoms with van der Waals surface area (Å²) < 4.78 is 5.86. The molecule has 3 heteroatoms. The fourth-order valence-corrected chi connectivity index (χ4v) is 2.43. The van der Waals surface area contributed by atoms with E-state index in [2.05, 4.69) is 38.0 Å². The van der Waals surface area contributed by atoms with Crippen LogP contribution >= 0.6 is 0 Å². The highest BCUT2D eigenvalue weighted by Gasteiger charge is 2.22. The zero-order valence-electron chi connectivity index (χ0n) is 13.0. The number of nitrogens with zero attached hydrogens (tertiary/aromatic N) is 1. The molecule has 0 aliphatic rings. The van der Waals surface area contributed by atoms with Gasteiger partial charge in [0.25, 0.3) is 0 Å². The highest BCUT2D eigenvalue weighted by atomic mass is 16.3. The molecule has 20 heavy (non-hydrogen) atoms. The van der Waals surface area contributed by atoms with Crippen LogP contribution in [0.25, 0.3) is 11.1 Å². The molecule has 1 aromatic carbocycles. The van der Waals surface area contributed by atoms with Gasteiger partial charge in [-0.05, 0) is 36.9 Å². The van der Waals surface area contributed by atoms with Crippen molar-refractivity contribution in [3.8, 4) is 0 Å². The number of hydrogen-bond donors (Lipinski definition) is 1. The number of benzene rings is 1. The van der Waals surface area contributed by atoms with Crippen molar-refractivity contribution in [1.29, 1.82) is 0 Å². The number of aromatic nitrogens is 1. The number of oxazole rings is 1. The molecule has 0 saturated carbocycles. The van der Waals surface area contributed by atoms with E-state index in [1.54, 1.807) is 0 Å². The van der Waals surface area contributed by atoms with Crippen LogP contribution in [-0.4, -0.2) is 17.6 Å². The average Bonchev–Trinajstić information content (AvgIpc) is 2.84. The lowest BCUT2D eigenvalue weighted by Crippen LogP contribution is -2.39. The molecule has 0 spiro atoms. The fourth-order valence-electron chi connectivity index (χ4n) is 2.43. The maximum Gasteiger partial charge on any atom is 0.197 e. The van der Waals surface area contributed by atoms with E-state index in [0.29, 0.717) is 17.9 Å². The van der Waals surface area contributed by atoms with Crippen LogP contribution in [-0.2, 0) is 6.42 Å². The third kappa shape index (κ3) is 3.60. The molecule has 0 aliphatic heterocycles. The number of hydrogen-bond acceptors (Lipinski definition) is 3. The van der Waals surface area contributed by atoms with Crippen molar-refractivity contribution in [3.63, 3.8) is 0 Å². The molecular formula is C17H26N2O. The summed E-state index contributed by atoms with van der Waals surface area (Å²) in [6.45, 7) is 10.1. The van der Waals surface area contributed by atoms with Gasteiger partial charge in [0.2, 0.25) is 0 Å². The first kappa shape index (κ1) is 15.0. The summed E-state index contributed by atoms with van der Waals surface area (Å²) in [7, 11) is 0. The zero-order chi connectivity index (χ0) is 14.5. The van der Waals surface area contributed by atoms with Crippen LogP contribution in [0.3, 0.4) is 0 Å². The average molecular weight is 274 g/mol. The monoisotopic (exact) mass is 274 g/mol. The van der Waals surface area contributed by atoms with Gasteiger partial charge in [-0.25, -0.2) is 4.98 Å². The second kappa shape index (κ2) is 6.89. The summed E-state index contributed by atoms with van der Waals surface area (Å²) in [6, 6.07) is 8.39. The number of fused-ring (bicyclic) bond motifs is 1. The van der Waals surface area contributed by atoms with Crippen LogP contribution in [0.15, 0.2) is 28.7 Å². The summed E-state index contributed by atoms with van der Waals surface area (Å²) in [5, 5.41) is 3.64. The van der Waals surface area contributed by atoms with Gasteiger partial charge >= 0.3 is 0 Å². The second-order valence-corrected chi connectivity index (χ2v) is 5.94. The van der Waals surface area contributed by atoms with Crippen LogP contribution in [0.5, 0.6) is 0 Å². The van der Waals surface area contributed by atoms with Crippen molar-refractivity contribution in [1.82, 2.24) is 10.3 Å². The SMILES string of the molecule is CCCNC(Cc1nc2ccccc2o1)C(C)C(C)C. The molecule has 110 valence electrons. The molecule has 1 N–H and O–H groups in total. The van der Waals surface area contributed by atoms with Crippen molar-refractivity contribution >= 4 is 11.1 Å². The summed E-state index contributed by atoms with van der Waals surface area (Å²) in [5.74, 6) is 2.08. The number of nitrogens with one attached hydrogen (secondary N) is 1. The molecule has 0 radical (unpaired) electrons. The molecule has 0 saturated heterocycles. The number of para-hydroxylation sites is 2. The summed E-state index contributed by atoms with van der Waals surface area (Å²) in [6.07, 6.45) is 2.00. The molecule has 0 amide bonds. The van der Waals surface area contributed by atoms with Gasteiger partial charge in [-0.15, -0.1) is 0 Å². The highest BCUT2D eigenvalue weighted by molar-refractivity contribution is 5.72. The quantitative estimate of drug-likeness (QED) is 0.828. The van der Waals surface area contributed by atoms with Crippen molar-refractivity contribution in [3.05, 3.63) is 30.2 Å². The molecular weight excluding hydrogens is 248 g/mol. The van der Waals surface area contributed by atoms with Gasteiger partial charge in [-0.2, -0.15) is 0 Å².